The number of amides is 2. The third-order valence-electron chi connectivity index (χ3n) is 2.97. The largest absolute Gasteiger partial charge is 0.345 e. The fourth-order valence-electron chi connectivity index (χ4n) is 2.12. The van der Waals surface area contributed by atoms with E-state index in [1.54, 1.807) is 4.90 Å². The molecule has 2 amide bonds. The lowest BCUT2D eigenvalue weighted by Gasteiger charge is -2.37. The second kappa shape index (κ2) is 6.89. The van der Waals surface area contributed by atoms with E-state index in [4.69, 9.17) is 0 Å². The van der Waals surface area contributed by atoms with Crippen LogP contribution in [-0.4, -0.2) is 47.9 Å². The van der Waals surface area contributed by atoms with Crippen molar-refractivity contribution in [3.8, 4) is 0 Å². The van der Waals surface area contributed by atoms with Crippen molar-refractivity contribution in [2.24, 2.45) is 5.92 Å². The van der Waals surface area contributed by atoms with E-state index in [0.29, 0.717) is 6.54 Å². The zero-order chi connectivity index (χ0) is 12.8. The van der Waals surface area contributed by atoms with Crippen molar-refractivity contribution < 1.29 is 9.59 Å². The Morgan fingerprint density at radius 2 is 2.12 bits per heavy atom. The molecule has 98 valence electrons. The summed E-state index contributed by atoms with van der Waals surface area (Å²) in [4.78, 5) is 25.3. The van der Waals surface area contributed by atoms with Crippen molar-refractivity contribution in [3.63, 3.8) is 0 Å². The fourth-order valence-corrected chi connectivity index (χ4v) is 2.61. The van der Waals surface area contributed by atoms with Crippen molar-refractivity contribution in [1.82, 2.24) is 10.2 Å². The van der Waals surface area contributed by atoms with Gasteiger partial charge in [-0.15, -0.1) is 0 Å². The summed E-state index contributed by atoms with van der Waals surface area (Å²) in [5.74, 6) is 1.32. The summed E-state index contributed by atoms with van der Waals surface area (Å²) in [7, 11) is 0. The first-order chi connectivity index (χ1) is 8.07. The first-order valence-corrected chi connectivity index (χ1v) is 7.53. The van der Waals surface area contributed by atoms with Gasteiger partial charge in [0.15, 0.2) is 0 Å². The number of hydrogen-bond acceptors (Lipinski definition) is 3. The molecule has 0 aliphatic carbocycles. The van der Waals surface area contributed by atoms with E-state index in [1.165, 1.54) is 0 Å². The van der Waals surface area contributed by atoms with Crippen LogP contribution >= 0.6 is 11.8 Å². The van der Waals surface area contributed by atoms with Gasteiger partial charge in [-0.2, -0.15) is 11.8 Å². The number of nitrogens with zero attached hydrogens (tertiary/aromatic N) is 1. The summed E-state index contributed by atoms with van der Waals surface area (Å²) < 4.78 is 0. The van der Waals surface area contributed by atoms with Crippen LogP contribution in [0.2, 0.25) is 0 Å². The second-order valence-corrected chi connectivity index (χ2v) is 5.68. The monoisotopic (exact) mass is 258 g/mol. The van der Waals surface area contributed by atoms with Gasteiger partial charge in [-0.1, -0.05) is 13.8 Å². The number of unbranched alkanes of at least 4 members (excludes halogenated alkanes) is 1. The maximum Gasteiger partial charge on any atom is 0.243 e. The van der Waals surface area contributed by atoms with Crippen molar-refractivity contribution in [2.45, 2.75) is 32.7 Å². The first kappa shape index (κ1) is 14.4. The van der Waals surface area contributed by atoms with Crippen molar-refractivity contribution >= 4 is 23.6 Å². The number of thioether (sulfide) groups is 1. The van der Waals surface area contributed by atoms with Crippen LogP contribution < -0.4 is 5.32 Å². The smallest absolute Gasteiger partial charge is 0.243 e. The van der Waals surface area contributed by atoms with E-state index in [-0.39, 0.29) is 30.3 Å². The zero-order valence-corrected chi connectivity index (χ0v) is 11.7. The maximum absolute atomic E-state index is 11.8. The average molecular weight is 258 g/mol. The van der Waals surface area contributed by atoms with Gasteiger partial charge < -0.3 is 10.2 Å². The van der Waals surface area contributed by atoms with Gasteiger partial charge in [-0.3, -0.25) is 9.59 Å². The van der Waals surface area contributed by atoms with Gasteiger partial charge in [-0.05, 0) is 30.8 Å². The first-order valence-electron chi connectivity index (χ1n) is 6.14. The Morgan fingerprint density at radius 3 is 2.71 bits per heavy atom. The predicted octanol–water partition coefficient (Wildman–Crippen LogP) is 1.11. The van der Waals surface area contributed by atoms with Crippen LogP contribution in [0.3, 0.4) is 0 Å². The normalized spacial score (nSPS) is 20.9. The molecule has 1 aliphatic rings. The highest BCUT2D eigenvalue weighted by molar-refractivity contribution is 7.98. The second-order valence-electron chi connectivity index (χ2n) is 4.69. The Morgan fingerprint density at radius 1 is 1.41 bits per heavy atom. The third kappa shape index (κ3) is 3.91. The molecule has 17 heavy (non-hydrogen) atoms. The predicted molar refractivity (Wildman–Crippen MR) is 71.0 cm³/mol. The van der Waals surface area contributed by atoms with Gasteiger partial charge >= 0.3 is 0 Å². The average Bonchev–Trinajstić information content (AvgIpc) is 2.28. The summed E-state index contributed by atoms with van der Waals surface area (Å²) in [6, 6.07) is -0.287. The highest BCUT2D eigenvalue weighted by atomic mass is 32.2. The molecule has 0 saturated carbocycles. The van der Waals surface area contributed by atoms with Gasteiger partial charge in [-0.25, -0.2) is 0 Å². The molecule has 0 radical (unpaired) electrons. The zero-order valence-electron chi connectivity index (χ0n) is 10.9. The van der Waals surface area contributed by atoms with Gasteiger partial charge in [0, 0.05) is 6.54 Å². The van der Waals surface area contributed by atoms with E-state index in [0.717, 1.165) is 18.6 Å². The Labute approximate surface area is 108 Å². The van der Waals surface area contributed by atoms with Crippen molar-refractivity contribution in [3.05, 3.63) is 0 Å². The molecule has 1 N–H and O–H groups in total. The SMILES string of the molecule is CSCCCCN1C(=O)CNC(=O)C1C(C)C. The Balaban J connectivity index is 2.56. The Hall–Kier alpha value is -0.710. The summed E-state index contributed by atoms with van der Waals surface area (Å²) >= 11 is 1.81. The summed E-state index contributed by atoms with van der Waals surface area (Å²) in [6.07, 6.45) is 4.15. The number of nitrogens with one attached hydrogen (secondary N) is 1. The lowest BCUT2D eigenvalue weighted by Crippen LogP contribution is -2.60. The number of carbonyl (C=O) groups is 2. The maximum atomic E-state index is 11.8. The number of hydrogen-bond donors (Lipinski definition) is 1. The molecule has 4 nitrogen and oxygen atoms in total. The molecule has 0 aromatic carbocycles. The number of piperazine rings is 1. The highest BCUT2D eigenvalue weighted by Gasteiger charge is 2.35. The number of rotatable bonds is 6. The third-order valence-corrected chi connectivity index (χ3v) is 3.66. The minimum absolute atomic E-state index is 0.00975. The van der Waals surface area contributed by atoms with Gasteiger partial charge in [0.05, 0.1) is 6.54 Å². The Bertz CT molecular complexity index is 282. The van der Waals surface area contributed by atoms with E-state index in [2.05, 4.69) is 11.6 Å². The molecule has 0 aromatic rings. The molecular weight excluding hydrogens is 236 g/mol. The molecule has 1 heterocycles. The molecule has 0 bridgehead atoms. The summed E-state index contributed by atoms with van der Waals surface area (Å²) in [5, 5.41) is 2.66. The van der Waals surface area contributed by atoms with E-state index < -0.39 is 0 Å². The van der Waals surface area contributed by atoms with Crippen LogP contribution in [0.25, 0.3) is 0 Å². The van der Waals surface area contributed by atoms with Crippen LogP contribution in [0, 0.1) is 5.92 Å². The minimum Gasteiger partial charge on any atom is -0.345 e. The van der Waals surface area contributed by atoms with E-state index >= 15 is 0 Å². The van der Waals surface area contributed by atoms with Crippen molar-refractivity contribution in [1.29, 1.82) is 0 Å². The van der Waals surface area contributed by atoms with Crippen LogP contribution in [0.4, 0.5) is 0 Å². The molecule has 1 saturated heterocycles. The quantitative estimate of drug-likeness (QED) is 0.726. The van der Waals surface area contributed by atoms with Crippen LogP contribution in [0.5, 0.6) is 0 Å². The fraction of sp³-hybridized carbons (Fsp3) is 0.833. The lowest BCUT2D eigenvalue weighted by molar-refractivity contribution is -0.147. The molecule has 1 fully saturated rings. The van der Waals surface area contributed by atoms with Gasteiger partial charge in [0.2, 0.25) is 11.8 Å². The van der Waals surface area contributed by atoms with Crippen LogP contribution in [0.15, 0.2) is 0 Å². The van der Waals surface area contributed by atoms with Crippen molar-refractivity contribution in [2.75, 3.05) is 25.1 Å². The standard InChI is InChI=1S/C12H22N2O2S/c1-9(2)11-12(16)13-8-10(15)14(11)6-4-5-7-17-3/h9,11H,4-8H2,1-3H3,(H,13,16). The molecule has 0 spiro atoms. The highest BCUT2D eigenvalue weighted by Crippen LogP contribution is 2.16. The molecule has 1 atom stereocenters. The number of carbonyl (C=O) groups excluding carboxylic acids is 2. The molecule has 1 rings (SSSR count). The van der Waals surface area contributed by atoms with Gasteiger partial charge in [0.1, 0.15) is 6.04 Å². The minimum atomic E-state index is -0.287. The Kier molecular flexibility index (Phi) is 5.82. The lowest BCUT2D eigenvalue weighted by atomic mass is 9.99. The molecule has 1 unspecified atom stereocenters. The molecular formula is C12H22N2O2S. The summed E-state index contributed by atoms with van der Waals surface area (Å²) in [5.41, 5.74) is 0. The van der Waals surface area contributed by atoms with Gasteiger partial charge in [0.25, 0.3) is 0 Å². The topological polar surface area (TPSA) is 49.4 Å². The van der Waals surface area contributed by atoms with Crippen LogP contribution in [0.1, 0.15) is 26.7 Å². The molecule has 5 heteroatoms. The molecule has 0 aromatic heterocycles. The molecule has 1 aliphatic heterocycles. The van der Waals surface area contributed by atoms with E-state index in [1.807, 2.05) is 25.6 Å². The van der Waals surface area contributed by atoms with Crippen LogP contribution in [-0.2, 0) is 9.59 Å². The van der Waals surface area contributed by atoms with E-state index in [9.17, 15) is 9.59 Å². The summed E-state index contributed by atoms with van der Waals surface area (Å²) in [6.45, 7) is 4.83.